The maximum absolute atomic E-state index is 11.3. The number of nitrogens with zero attached hydrogens (tertiary/aromatic N) is 5. The van der Waals surface area contributed by atoms with Gasteiger partial charge in [-0.15, -0.1) is 0 Å². The zero-order valence-electron chi connectivity index (χ0n) is 25.7. The van der Waals surface area contributed by atoms with Gasteiger partial charge in [-0.25, -0.2) is 15.0 Å². The first-order chi connectivity index (χ1) is 21.4. The first kappa shape index (κ1) is 40.2. The SMILES string of the molecule is Cc1ccc(-c2cc(-c3cccc(CN(CC(=O)[O-])CC(=O)O)n3)nc(-c3cccc(CN(CC(=O)O)CC(=O)O)n3)c2)cc1.[Eu].[Na+]. The molecular weight excluding hydrogens is 757 g/mol. The molecular formula is C32H30EuN5NaO8. The predicted octanol–water partition coefficient (Wildman–Crippen LogP) is -1.21. The van der Waals surface area contributed by atoms with Gasteiger partial charge >= 0.3 is 47.5 Å². The van der Waals surface area contributed by atoms with E-state index in [1.807, 2.05) is 43.3 Å². The van der Waals surface area contributed by atoms with Gasteiger partial charge in [-0.1, -0.05) is 42.0 Å². The van der Waals surface area contributed by atoms with E-state index in [0.717, 1.165) is 16.7 Å². The van der Waals surface area contributed by atoms with Crippen LogP contribution in [-0.4, -0.2) is 90.1 Å². The van der Waals surface area contributed by atoms with Crippen LogP contribution >= 0.6 is 0 Å². The number of rotatable bonds is 15. The molecule has 4 aromatic rings. The Labute approximate surface area is 333 Å². The topological polar surface area (TPSA) is 197 Å². The van der Waals surface area contributed by atoms with E-state index in [4.69, 9.17) is 4.98 Å². The molecule has 0 spiro atoms. The minimum atomic E-state index is -1.41. The first-order valence-corrected chi connectivity index (χ1v) is 13.8. The van der Waals surface area contributed by atoms with E-state index in [-0.39, 0.29) is 92.0 Å². The molecule has 0 fully saturated rings. The minimum absolute atomic E-state index is 0. The average molecular weight is 788 g/mol. The van der Waals surface area contributed by atoms with Crippen molar-refractivity contribution in [3.63, 3.8) is 0 Å². The molecule has 0 saturated heterocycles. The molecule has 0 unspecified atom stereocenters. The van der Waals surface area contributed by atoms with Gasteiger partial charge in [0, 0.05) is 69.0 Å². The number of pyridine rings is 3. The van der Waals surface area contributed by atoms with Crippen molar-refractivity contribution in [2.75, 3.05) is 26.2 Å². The van der Waals surface area contributed by atoms with E-state index in [9.17, 15) is 39.6 Å². The molecule has 0 bridgehead atoms. The summed E-state index contributed by atoms with van der Waals surface area (Å²) in [5.74, 6) is -4.92. The fourth-order valence-corrected chi connectivity index (χ4v) is 4.68. The molecule has 3 aromatic heterocycles. The number of aromatic nitrogens is 3. The maximum atomic E-state index is 11.3. The summed E-state index contributed by atoms with van der Waals surface area (Å²) in [5, 5.41) is 38.8. The summed E-state index contributed by atoms with van der Waals surface area (Å²) in [5.41, 5.74) is 5.52. The van der Waals surface area contributed by atoms with E-state index in [2.05, 4.69) is 9.97 Å². The van der Waals surface area contributed by atoms with Crippen molar-refractivity contribution in [3.05, 3.63) is 89.7 Å². The van der Waals surface area contributed by atoms with Gasteiger partial charge in [0.25, 0.3) is 0 Å². The number of carbonyl (C=O) groups excluding carboxylic acids is 1. The number of carbonyl (C=O) groups is 4. The fourth-order valence-electron chi connectivity index (χ4n) is 4.68. The van der Waals surface area contributed by atoms with Crippen LogP contribution in [0.4, 0.5) is 0 Å². The summed E-state index contributed by atoms with van der Waals surface area (Å²) in [6.07, 6.45) is 0. The van der Waals surface area contributed by atoms with Crippen molar-refractivity contribution in [2.45, 2.75) is 20.0 Å². The molecule has 0 saturated carbocycles. The third kappa shape index (κ3) is 12.9. The van der Waals surface area contributed by atoms with Crippen LogP contribution in [0.3, 0.4) is 0 Å². The number of hydrogen-bond donors (Lipinski definition) is 3. The van der Waals surface area contributed by atoms with Crippen molar-refractivity contribution in [2.24, 2.45) is 0 Å². The van der Waals surface area contributed by atoms with Crippen LogP contribution < -0.4 is 34.7 Å². The number of hydrogen-bond acceptors (Lipinski definition) is 10. The number of carboxylic acid groups (broad SMARTS) is 4. The Morgan fingerprint density at radius 1 is 0.617 bits per heavy atom. The quantitative estimate of drug-likeness (QED) is 0.122. The Morgan fingerprint density at radius 3 is 1.45 bits per heavy atom. The van der Waals surface area contributed by atoms with Crippen LogP contribution in [0.1, 0.15) is 17.0 Å². The minimum Gasteiger partial charge on any atom is -0.549 e. The summed E-state index contributed by atoms with van der Waals surface area (Å²) in [4.78, 5) is 61.6. The molecule has 0 aliphatic rings. The van der Waals surface area contributed by atoms with E-state index in [1.54, 1.807) is 36.4 Å². The second kappa shape index (κ2) is 19.2. The van der Waals surface area contributed by atoms with Crippen molar-refractivity contribution in [1.82, 2.24) is 24.8 Å². The molecule has 0 aliphatic heterocycles. The Balaban J connectivity index is 0.00000384. The van der Waals surface area contributed by atoms with Crippen LogP contribution in [0, 0.1) is 56.3 Å². The molecule has 4 rings (SSSR count). The average Bonchev–Trinajstić information content (AvgIpc) is 2.96. The predicted molar refractivity (Wildman–Crippen MR) is 159 cm³/mol. The van der Waals surface area contributed by atoms with Gasteiger partial charge in [-0.2, -0.15) is 0 Å². The molecule has 13 nitrogen and oxygen atoms in total. The van der Waals surface area contributed by atoms with Crippen molar-refractivity contribution in [1.29, 1.82) is 0 Å². The summed E-state index contributed by atoms with van der Waals surface area (Å²) in [6, 6.07) is 21.8. The Morgan fingerprint density at radius 2 is 1.04 bits per heavy atom. The largest absolute Gasteiger partial charge is 1.00 e. The smallest absolute Gasteiger partial charge is 0.549 e. The molecule has 3 heterocycles. The molecule has 1 aromatic carbocycles. The molecule has 0 aliphatic carbocycles. The van der Waals surface area contributed by atoms with Gasteiger partial charge in [0.1, 0.15) is 0 Å². The summed E-state index contributed by atoms with van der Waals surface area (Å²) in [6.45, 7) is -0.128. The first-order valence-electron chi connectivity index (χ1n) is 13.8. The van der Waals surface area contributed by atoms with Gasteiger partial charge in [-0.3, -0.25) is 24.2 Å². The molecule has 15 heteroatoms. The van der Waals surface area contributed by atoms with Crippen LogP contribution in [0.2, 0.25) is 0 Å². The third-order valence-electron chi connectivity index (χ3n) is 6.55. The monoisotopic (exact) mass is 788 g/mol. The summed E-state index contributed by atoms with van der Waals surface area (Å²) in [7, 11) is 0. The zero-order chi connectivity index (χ0) is 32.5. The fraction of sp³-hybridized carbons (Fsp3) is 0.219. The Bertz CT molecular complexity index is 1590. The van der Waals surface area contributed by atoms with Crippen LogP contribution in [0.15, 0.2) is 72.8 Å². The van der Waals surface area contributed by atoms with Crippen LogP contribution in [0.5, 0.6) is 0 Å². The maximum Gasteiger partial charge on any atom is 1.00 e. The number of carboxylic acids is 4. The zero-order valence-corrected chi connectivity index (χ0v) is 30.1. The van der Waals surface area contributed by atoms with Crippen molar-refractivity contribution >= 4 is 23.9 Å². The van der Waals surface area contributed by atoms with Gasteiger partial charge in [0.2, 0.25) is 0 Å². The van der Waals surface area contributed by atoms with E-state index in [0.29, 0.717) is 34.2 Å². The normalized spacial score (nSPS) is 10.6. The number of aliphatic carboxylic acids is 4. The van der Waals surface area contributed by atoms with Gasteiger partial charge in [0.05, 0.1) is 59.8 Å². The summed E-state index contributed by atoms with van der Waals surface area (Å²) < 4.78 is 0. The molecule has 0 atom stereocenters. The molecule has 0 amide bonds. The standard InChI is InChI=1S/C32H31N5O8.Eu.Na/c1-20-8-10-21(11-9-20)22-12-27(25-6-2-4-23(33-25)14-36(16-29(38)39)17-30(40)41)35-28(13-22)26-7-3-5-24(34-26)15-37(18-31(42)43)19-32(44)45;;/h2-13H,14-19H2,1H3,(H,38,39)(H,40,41)(H,42,43)(H,44,45);;/q;;+1/p-1. The van der Waals surface area contributed by atoms with Gasteiger partial charge in [-0.05, 0) is 54.4 Å². The van der Waals surface area contributed by atoms with Crippen molar-refractivity contribution in [3.8, 4) is 33.9 Å². The second-order valence-corrected chi connectivity index (χ2v) is 10.4. The molecule has 239 valence electrons. The number of benzene rings is 1. The van der Waals surface area contributed by atoms with E-state index >= 15 is 0 Å². The third-order valence-corrected chi connectivity index (χ3v) is 6.55. The van der Waals surface area contributed by atoms with Crippen molar-refractivity contribution < 1.29 is 119 Å². The molecule has 3 N–H and O–H groups in total. The molecule has 47 heavy (non-hydrogen) atoms. The summed E-state index contributed by atoms with van der Waals surface area (Å²) >= 11 is 0. The second-order valence-electron chi connectivity index (χ2n) is 10.4. The molecule has 1 radical (unpaired) electrons. The van der Waals surface area contributed by atoms with Crippen LogP contribution in [0.25, 0.3) is 33.9 Å². The Hall–Kier alpha value is -2.95. The number of aryl methyl sites for hydroxylation is 1. The van der Waals surface area contributed by atoms with E-state index < -0.39 is 50.1 Å². The van der Waals surface area contributed by atoms with E-state index in [1.165, 1.54) is 9.80 Å². The van der Waals surface area contributed by atoms with Gasteiger partial charge in [0.15, 0.2) is 0 Å². The Kier molecular flexibility index (Phi) is 16.4. The van der Waals surface area contributed by atoms with Crippen LogP contribution in [-0.2, 0) is 32.3 Å². The van der Waals surface area contributed by atoms with Gasteiger partial charge < -0.3 is 25.2 Å².